The molecule has 2 rings (SSSR count). The molecule has 0 saturated carbocycles. The van der Waals surface area contributed by atoms with Crippen molar-refractivity contribution in [2.75, 3.05) is 37.8 Å². The Balaban J connectivity index is 2.15. The van der Waals surface area contributed by atoms with Gasteiger partial charge in [0, 0.05) is 27.2 Å². The van der Waals surface area contributed by atoms with E-state index in [1.54, 1.807) is 0 Å². The lowest BCUT2D eigenvalue weighted by Crippen LogP contribution is -2.32. The molecule has 2 heterocycles. The van der Waals surface area contributed by atoms with Gasteiger partial charge in [-0.15, -0.1) is 0 Å². The van der Waals surface area contributed by atoms with Gasteiger partial charge in [0.15, 0.2) is 5.13 Å². The van der Waals surface area contributed by atoms with E-state index in [0.29, 0.717) is 16.1 Å². The maximum Gasteiger partial charge on any atom is 0.267 e. The highest BCUT2D eigenvalue weighted by atomic mass is 32.1. The van der Waals surface area contributed by atoms with Crippen LogP contribution in [0, 0.1) is 5.41 Å². The summed E-state index contributed by atoms with van der Waals surface area (Å²) in [5.74, 6) is 0.387. The summed E-state index contributed by atoms with van der Waals surface area (Å²) in [5.41, 5.74) is 6.23. The van der Waals surface area contributed by atoms with E-state index in [9.17, 15) is 4.79 Å². The van der Waals surface area contributed by atoms with Crippen molar-refractivity contribution >= 4 is 28.2 Å². The van der Waals surface area contributed by atoms with E-state index < -0.39 is 0 Å². The summed E-state index contributed by atoms with van der Waals surface area (Å²) in [7, 11) is 3.81. The van der Waals surface area contributed by atoms with Crippen LogP contribution < -0.4 is 10.6 Å². The highest BCUT2D eigenvalue weighted by Crippen LogP contribution is 2.32. The second kappa shape index (κ2) is 5.60. The number of rotatable bonds is 2. The Morgan fingerprint density at radius 3 is 2.65 bits per heavy atom. The molecule has 1 saturated heterocycles. The summed E-state index contributed by atoms with van der Waals surface area (Å²) >= 11 is 1.37. The van der Waals surface area contributed by atoms with E-state index in [1.165, 1.54) is 11.3 Å². The van der Waals surface area contributed by atoms with Gasteiger partial charge < -0.3 is 15.5 Å². The van der Waals surface area contributed by atoms with Gasteiger partial charge >= 0.3 is 0 Å². The first-order valence-electron chi connectivity index (χ1n) is 7.03. The third-order valence-corrected chi connectivity index (χ3v) is 5.07. The maximum atomic E-state index is 12.6. The first-order chi connectivity index (χ1) is 9.30. The Hall–Kier alpha value is -1.30. The third-order valence-electron chi connectivity index (χ3n) is 3.85. The van der Waals surface area contributed by atoms with E-state index >= 15 is 0 Å². The fraction of sp³-hybridized carbons (Fsp3) is 0.714. The van der Waals surface area contributed by atoms with E-state index in [1.807, 2.05) is 23.9 Å². The van der Waals surface area contributed by atoms with Crippen LogP contribution in [0.4, 0.5) is 10.9 Å². The zero-order valence-corrected chi connectivity index (χ0v) is 13.6. The van der Waals surface area contributed by atoms with Crippen molar-refractivity contribution in [1.29, 1.82) is 0 Å². The second-order valence-corrected chi connectivity index (χ2v) is 7.39. The van der Waals surface area contributed by atoms with Crippen molar-refractivity contribution in [1.82, 2.24) is 9.88 Å². The number of likely N-dealkylation sites (tertiary alicyclic amines) is 1. The van der Waals surface area contributed by atoms with Crippen molar-refractivity contribution in [3.05, 3.63) is 4.88 Å². The molecule has 1 aliphatic rings. The molecule has 1 amide bonds. The normalized spacial score (nSPS) is 18.7. The number of hydrogen-bond acceptors (Lipinski definition) is 5. The average Bonchev–Trinajstić information content (AvgIpc) is 2.65. The van der Waals surface area contributed by atoms with Gasteiger partial charge in [-0.3, -0.25) is 4.79 Å². The van der Waals surface area contributed by atoms with Crippen molar-refractivity contribution in [3.8, 4) is 0 Å². The fourth-order valence-corrected chi connectivity index (χ4v) is 3.31. The standard InChI is InChI=1S/C14H24N4OS/c1-14(2)6-5-8-18(9-7-14)12(19)10-11(15)16-13(20-10)17(3)4/h5-9,15H2,1-4H3. The van der Waals surface area contributed by atoms with Gasteiger partial charge in [-0.2, -0.15) is 0 Å². The van der Waals surface area contributed by atoms with Crippen LogP contribution in [0.15, 0.2) is 0 Å². The lowest BCUT2D eigenvalue weighted by molar-refractivity contribution is 0.0763. The molecule has 0 bridgehead atoms. The monoisotopic (exact) mass is 296 g/mol. The molecule has 0 atom stereocenters. The number of carbonyl (C=O) groups excluding carboxylic acids is 1. The van der Waals surface area contributed by atoms with Crippen LogP contribution in [0.5, 0.6) is 0 Å². The minimum absolute atomic E-state index is 0.0331. The summed E-state index contributed by atoms with van der Waals surface area (Å²) in [5, 5.41) is 0.779. The zero-order valence-electron chi connectivity index (χ0n) is 12.8. The van der Waals surface area contributed by atoms with Crippen LogP contribution in [0.3, 0.4) is 0 Å². The van der Waals surface area contributed by atoms with Crippen LogP contribution in [0.1, 0.15) is 42.8 Å². The molecule has 0 radical (unpaired) electrons. The van der Waals surface area contributed by atoms with Crippen molar-refractivity contribution < 1.29 is 4.79 Å². The maximum absolute atomic E-state index is 12.6. The number of nitrogen functional groups attached to an aromatic ring is 1. The van der Waals surface area contributed by atoms with Crippen LogP contribution in [-0.4, -0.2) is 43.0 Å². The predicted molar refractivity (Wildman–Crippen MR) is 84.4 cm³/mol. The Bertz CT molecular complexity index is 495. The van der Waals surface area contributed by atoms with Crippen LogP contribution in [0.25, 0.3) is 0 Å². The van der Waals surface area contributed by atoms with Gasteiger partial charge in [0.1, 0.15) is 10.7 Å². The van der Waals surface area contributed by atoms with Crippen LogP contribution >= 0.6 is 11.3 Å². The molecule has 1 aromatic heterocycles. The molecule has 0 aliphatic carbocycles. The van der Waals surface area contributed by atoms with Gasteiger partial charge in [-0.05, 0) is 24.7 Å². The number of hydrogen-bond donors (Lipinski definition) is 1. The second-order valence-electron chi connectivity index (χ2n) is 6.42. The van der Waals surface area contributed by atoms with E-state index in [2.05, 4.69) is 18.8 Å². The molecule has 6 heteroatoms. The molecule has 2 N–H and O–H groups in total. The van der Waals surface area contributed by atoms with Crippen molar-refractivity contribution in [2.45, 2.75) is 33.1 Å². The minimum Gasteiger partial charge on any atom is -0.382 e. The van der Waals surface area contributed by atoms with Crippen LogP contribution in [-0.2, 0) is 0 Å². The topological polar surface area (TPSA) is 62.5 Å². The van der Waals surface area contributed by atoms with Gasteiger partial charge in [0.2, 0.25) is 0 Å². The highest BCUT2D eigenvalue weighted by Gasteiger charge is 2.28. The minimum atomic E-state index is 0.0331. The third kappa shape index (κ3) is 3.23. The Labute approximate surface area is 124 Å². The summed E-state index contributed by atoms with van der Waals surface area (Å²) in [4.78, 5) is 21.3. The number of nitrogens with two attached hydrogens (primary N) is 1. The lowest BCUT2D eigenvalue weighted by atomic mass is 9.85. The molecule has 1 aromatic rings. The Morgan fingerprint density at radius 2 is 2.05 bits per heavy atom. The summed E-state index contributed by atoms with van der Waals surface area (Å²) < 4.78 is 0. The van der Waals surface area contributed by atoms with Gasteiger partial charge in [0.25, 0.3) is 5.91 Å². The number of thiazole rings is 1. The Morgan fingerprint density at radius 1 is 1.35 bits per heavy atom. The number of amides is 1. The molecule has 5 nitrogen and oxygen atoms in total. The first-order valence-corrected chi connectivity index (χ1v) is 7.85. The van der Waals surface area contributed by atoms with Crippen LogP contribution in [0.2, 0.25) is 0 Å². The van der Waals surface area contributed by atoms with Crippen molar-refractivity contribution in [3.63, 3.8) is 0 Å². The lowest BCUT2D eigenvalue weighted by Gasteiger charge is -2.23. The molecule has 0 unspecified atom stereocenters. The smallest absolute Gasteiger partial charge is 0.267 e. The van der Waals surface area contributed by atoms with E-state index in [4.69, 9.17) is 5.73 Å². The van der Waals surface area contributed by atoms with Gasteiger partial charge in [-0.1, -0.05) is 25.2 Å². The average molecular weight is 296 g/mol. The molecular formula is C14H24N4OS. The quantitative estimate of drug-likeness (QED) is 0.910. The zero-order chi connectivity index (χ0) is 14.9. The summed E-state index contributed by atoms with van der Waals surface area (Å²) in [6.45, 7) is 6.16. The number of carbonyl (C=O) groups is 1. The molecule has 20 heavy (non-hydrogen) atoms. The van der Waals surface area contributed by atoms with E-state index in [0.717, 1.165) is 37.5 Å². The van der Waals surface area contributed by atoms with Gasteiger partial charge in [-0.25, -0.2) is 4.98 Å². The summed E-state index contributed by atoms with van der Waals surface area (Å²) in [6, 6.07) is 0. The molecule has 1 aliphatic heterocycles. The molecular weight excluding hydrogens is 272 g/mol. The molecule has 112 valence electrons. The molecule has 0 aromatic carbocycles. The van der Waals surface area contributed by atoms with E-state index in [-0.39, 0.29) is 5.91 Å². The van der Waals surface area contributed by atoms with Gasteiger partial charge in [0.05, 0.1) is 0 Å². The predicted octanol–water partition coefficient (Wildman–Crippen LogP) is 2.44. The SMILES string of the molecule is CN(C)c1nc(N)c(C(=O)N2CCCC(C)(C)CC2)s1. The highest BCUT2D eigenvalue weighted by molar-refractivity contribution is 7.18. The fourth-order valence-electron chi connectivity index (χ4n) is 2.43. The largest absolute Gasteiger partial charge is 0.382 e. The molecule has 1 fully saturated rings. The number of aromatic nitrogens is 1. The number of anilines is 2. The summed E-state index contributed by atoms with van der Waals surface area (Å²) in [6.07, 6.45) is 3.26. The number of nitrogens with zero attached hydrogens (tertiary/aromatic N) is 3. The first kappa shape index (κ1) is 15.1. The van der Waals surface area contributed by atoms with Crippen molar-refractivity contribution in [2.24, 2.45) is 5.41 Å². The Kier molecular flexibility index (Phi) is 4.22. The molecule has 0 spiro atoms.